The number of rotatable bonds is 1. The molecule has 1 atom stereocenters. The molecule has 0 bridgehead atoms. The smallest absolute Gasteiger partial charge is 0.471 e. The van der Waals surface area contributed by atoms with E-state index in [1.54, 1.807) is 0 Å². The molecule has 1 aromatic heterocycles. The van der Waals surface area contributed by atoms with E-state index in [1.807, 2.05) is 20.8 Å². The van der Waals surface area contributed by atoms with Gasteiger partial charge in [-0.15, -0.1) is 0 Å². The number of aromatic nitrogens is 2. The van der Waals surface area contributed by atoms with Gasteiger partial charge in [-0.3, -0.25) is 9.69 Å². The van der Waals surface area contributed by atoms with Crippen LogP contribution in [0.4, 0.5) is 19.0 Å². The maximum Gasteiger partial charge on any atom is 0.471 e. The second kappa shape index (κ2) is 4.99. The maximum absolute atomic E-state index is 12.7. The molecule has 6 nitrogen and oxygen atoms in total. The van der Waals surface area contributed by atoms with Gasteiger partial charge in [0, 0.05) is 6.54 Å². The van der Waals surface area contributed by atoms with Crippen LogP contribution in [0, 0.1) is 5.41 Å². The summed E-state index contributed by atoms with van der Waals surface area (Å²) in [7, 11) is 0. The fraction of sp³-hybridized carbons (Fsp3) is 0.615. The summed E-state index contributed by atoms with van der Waals surface area (Å²) in [4.78, 5) is 23.3. The number of nitrogens with zero attached hydrogens (tertiary/aromatic N) is 3. The molecule has 1 N–H and O–H groups in total. The van der Waals surface area contributed by atoms with Crippen LogP contribution in [-0.2, 0) is 4.79 Å². The SMILES string of the molecule is CC(C)(C)C1CCN(C(=O)C(F)(F)F)c2c(C(=O)O)cnn21. The van der Waals surface area contributed by atoms with Gasteiger partial charge in [-0.1, -0.05) is 20.8 Å². The molecule has 9 heteroatoms. The predicted molar refractivity (Wildman–Crippen MR) is 70.7 cm³/mol. The molecule has 1 aliphatic rings. The Kier molecular flexibility index (Phi) is 3.70. The van der Waals surface area contributed by atoms with E-state index in [0.29, 0.717) is 4.90 Å². The number of amides is 1. The molecule has 0 saturated heterocycles. The van der Waals surface area contributed by atoms with Crippen molar-refractivity contribution in [1.82, 2.24) is 9.78 Å². The van der Waals surface area contributed by atoms with Gasteiger partial charge in [-0.25, -0.2) is 9.48 Å². The fourth-order valence-corrected chi connectivity index (χ4v) is 2.63. The number of carbonyl (C=O) groups excluding carboxylic acids is 1. The van der Waals surface area contributed by atoms with Crippen LogP contribution in [0.3, 0.4) is 0 Å². The molecule has 0 radical (unpaired) electrons. The molecule has 1 unspecified atom stereocenters. The standard InChI is InChI=1S/C13H16F3N3O3/c1-12(2,3)8-4-5-18(11(22)13(14,15)16)9-7(10(20)21)6-17-19(8)9/h6,8H,4-5H2,1-3H3,(H,20,21). The molecular weight excluding hydrogens is 303 g/mol. The minimum atomic E-state index is -5.07. The molecule has 0 aliphatic carbocycles. The number of halogens is 3. The average molecular weight is 319 g/mol. The number of carbonyl (C=O) groups is 2. The molecule has 1 amide bonds. The van der Waals surface area contributed by atoms with E-state index in [4.69, 9.17) is 5.11 Å². The predicted octanol–water partition coefficient (Wildman–Crippen LogP) is 2.47. The summed E-state index contributed by atoms with van der Waals surface area (Å²) in [6, 6.07) is -0.298. The quantitative estimate of drug-likeness (QED) is 0.863. The van der Waals surface area contributed by atoms with E-state index in [0.717, 1.165) is 6.20 Å². The number of aromatic carboxylic acids is 1. The number of alkyl halides is 3. The first-order chi connectivity index (χ1) is 9.94. The Morgan fingerprint density at radius 3 is 2.36 bits per heavy atom. The van der Waals surface area contributed by atoms with E-state index in [2.05, 4.69) is 5.10 Å². The number of carboxylic acid groups (broad SMARTS) is 1. The average Bonchev–Trinajstić information content (AvgIpc) is 2.78. The largest absolute Gasteiger partial charge is 0.477 e. The third-order valence-corrected chi connectivity index (χ3v) is 3.66. The Hall–Kier alpha value is -2.06. The molecule has 122 valence electrons. The number of hydrogen-bond donors (Lipinski definition) is 1. The van der Waals surface area contributed by atoms with Gasteiger partial charge in [0.25, 0.3) is 0 Å². The van der Waals surface area contributed by atoms with Crippen molar-refractivity contribution in [2.24, 2.45) is 5.41 Å². The maximum atomic E-state index is 12.7. The number of hydrogen-bond acceptors (Lipinski definition) is 3. The molecule has 1 aliphatic heterocycles. The monoisotopic (exact) mass is 319 g/mol. The number of anilines is 1. The summed E-state index contributed by atoms with van der Waals surface area (Å²) < 4.78 is 39.4. The second-order valence-electron chi connectivity index (χ2n) is 6.26. The minimum absolute atomic E-state index is 0.202. The highest BCUT2D eigenvalue weighted by Crippen LogP contribution is 2.41. The van der Waals surface area contributed by atoms with Crippen molar-refractivity contribution in [3.63, 3.8) is 0 Å². The zero-order valence-electron chi connectivity index (χ0n) is 12.3. The first-order valence-electron chi connectivity index (χ1n) is 6.64. The molecule has 0 spiro atoms. The molecular formula is C13H16F3N3O3. The summed E-state index contributed by atoms with van der Waals surface area (Å²) in [5.41, 5.74) is -0.754. The highest BCUT2D eigenvalue weighted by atomic mass is 19.4. The van der Waals surface area contributed by atoms with E-state index >= 15 is 0 Å². The molecule has 22 heavy (non-hydrogen) atoms. The highest BCUT2D eigenvalue weighted by molar-refractivity contribution is 6.03. The Balaban J connectivity index is 2.58. The lowest BCUT2D eigenvalue weighted by molar-refractivity contribution is -0.170. The van der Waals surface area contributed by atoms with Gasteiger partial charge in [-0.2, -0.15) is 18.3 Å². The van der Waals surface area contributed by atoms with Crippen molar-refractivity contribution in [3.8, 4) is 0 Å². The summed E-state index contributed by atoms with van der Waals surface area (Å²) in [6.07, 6.45) is -3.82. The molecule has 0 fully saturated rings. The van der Waals surface area contributed by atoms with E-state index in [1.165, 1.54) is 4.68 Å². The Morgan fingerprint density at radius 1 is 1.32 bits per heavy atom. The minimum Gasteiger partial charge on any atom is -0.477 e. The molecule has 0 aromatic carbocycles. The molecule has 0 saturated carbocycles. The van der Waals surface area contributed by atoms with Gasteiger partial charge in [0.15, 0.2) is 0 Å². The highest BCUT2D eigenvalue weighted by Gasteiger charge is 2.47. The van der Waals surface area contributed by atoms with Gasteiger partial charge in [0.1, 0.15) is 11.4 Å². The lowest BCUT2D eigenvalue weighted by Crippen LogP contribution is -2.48. The lowest BCUT2D eigenvalue weighted by atomic mass is 9.84. The molecule has 2 rings (SSSR count). The molecule has 1 aromatic rings. The van der Waals surface area contributed by atoms with Crippen molar-refractivity contribution in [2.45, 2.75) is 39.4 Å². The zero-order valence-corrected chi connectivity index (χ0v) is 12.3. The summed E-state index contributed by atoms with van der Waals surface area (Å²) in [5.74, 6) is -3.80. The van der Waals surface area contributed by atoms with Gasteiger partial charge in [0.2, 0.25) is 0 Å². The first-order valence-corrected chi connectivity index (χ1v) is 6.64. The Labute approximate surface area is 124 Å². The van der Waals surface area contributed by atoms with Crippen LogP contribution < -0.4 is 4.90 Å². The molecule has 2 heterocycles. The van der Waals surface area contributed by atoms with Crippen LogP contribution in [0.2, 0.25) is 0 Å². The van der Waals surface area contributed by atoms with Gasteiger partial charge in [0.05, 0.1) is 12.2 Å². The fourth-order valence-electron chi connectivity index (χ4n) is 2.63. The van der Waals surface area contributed by atoms with Crippen molar-refractivity contribution >= 4 is 17.7 Å². The van der Waals surface area contributed by atoms with E-state index < -0.39 is 23.6 Å². The van der Waals surface area contributed by atoms with Gasteiger partial charge < -0.3 is 5.11 Å². The van der Waals surface area contributed by atoms with Crippen LogP contribution in [-0.4, -0.2) is 39.5 Å². The Bertz CT molecular complexity index is 616. The van der Waals surface area contributed by atoms with Crippen LogP contribution in [0.15, 0.2) is 6.20 Å². The van der Waals surface area contributed by atoms with Crippen LogP contribution >= 0.6 is 0 Å². The van der Waals surface area contributed by atoms with Gasteiger partial charge >= 0.3 is 18.1 Å². The van der Waals surface area contributed by atoms with Crippen molar-refractivity contribution in [2.75, 3.05) is 11.4 Å². The van der Waals surface area contributed by atoms with Crippen LogP contribution in [0.25, 0.3) is 0 Å². The van der Waals surface area contributed by atoms with Crippen LogP contribution in [0.1, 0.15) is 43.6 Å². The van der Waals surface area contributed by atoms with Crippen molar-refractivity contribution in [1.29, 1.82) is 0 Å². The lowest BCUT2D eigenvalue weighted by Gasteiger charge is -2.39. The van der Waals surface area contributed by atoms with Gasteiger partial charge in [-0.05, 0) is 11.8 Å². The topological polar surface area (TPSA) is 75.4 Å². The summed E-state index contributed by atoms with van der Waals surface area (Å²) in [6.45, 7) is 5.44. The first kappa shape index (κ1) is 16.3. The zero-order chi connectivity index (χ0) is 16.9. The number of carboxylic acids is 1. The van der Waals surface area contributed by atoms with Crippen molar-refractivity contribution in [3.05, 3.63) is 11.8 Å². The third-order valence-electron chi connectivity index (χ3n) is 3.66. The summed E-state index contributed by atoms with van der Waals surface area (Å²) in [5, 5.41) is 13.1. The van der Waals surface area contributed by atoms with Crippen molar-refractivity contribution < 1.29 is 27.9 Å². The second-order valence-corrected chi connectivity index (χ2v) is 6.26. The third kappa shape index (κ3) is 2.67. The number of fused-ring (bicyclic) bond motifs is 1. The van der Waals surface area contributed by atoms with Crippen LogP contribution in [0.5, 0.6) is 0 Å². The summed E-state index contributed by atoms with van der Waals surface area (Å²) >= 11 is 0. The Morgan fingerprint density at radius 2 is 1.91 bits per heavy atom. The van der Waals surface area contributed by atoms with E-state index in [9.17, 15) is 22.8 Å². The van der Waals surface area contributed by atoms with E-state index in [-0.39, 0.29) is 30.2 Å². The normalized spacial score (nSPS) is 19.0.